The number of aryl methyl sites for hydroxylation is 2. The molecule has 0 spiro atoms. The van der Waals surface area contributed by atoms with Gasteiger partial charge in [-0.2, -0.15) is 0 Å². The fourth-order valence-electron chi connectivity index (χ4n) is 2.39. The van der Waals surface area contributed by atoms with Crippen LogP contribution in [0.5, 0.6) is 0 Å². The van der Waals surface area contributed by atoms with Crippen molar-refractivity contribution in [1.82, 2.24) is 9.55 Å². The second-order valence-electron chi connectivity index (χ2n) is 4.94. The van der Waals surface area contributed by atoms with Gasteiger partial charge in [-0.15, -0.1) is 11.6 Å². The summed E-state index contributed by atoms with van der Waals surface area (Å²) in [6, 6.07) is 3.48. The van der Waals surface area contributed by atoms with Crippen LogP contribution in [0.1, 0.15) is 31.3 Å². The third-order valence-electron chi connectivity index (χ3n) is 3.36. The number of hydrogen-bond acceptors (Lipinski definition) is 2. The van der Waals surface area contributed by atoms with Crippen LogP contribution in [0.4, 0.5) is 4.39 Å². The van der Waals surface area contributed by atoms with Crippen molar-refractivity contribution in [3.8, 4) is 0 Å². The minimum Gasteiger partial charge on any atom is -0.380 e. The van der Waals surface area contributed by atoms with Gasteiger partial charge in [0, 0.05) is 25.0 Å². The van der Waals surface area contributed by atoms with E-state index in [0.717, 1.165) is 11.3 Å². The Labute approximate surface area is 123 Å². The fraction of sp³-hybridized carbons (Fsp3) is 0.533. The number of hydrogen-bond donors (Lipinski definition) is 0. The molecular weight excluding hydrogens is 279 g/mol. The van der Waals surface area contributed by atoms with Gasteiger partial charge in [-0.1, -0.05) is 0 Å². The molecule has 0 radical (unpaired) electrons. The van der Waals surface area contributed by atoms with Crippen molar-refractivity contribution in [2.24, 2.45) is 0 Å². The van der Waals surface area contributed by atoms with Crippen LogP contribution in [0.2, 0.25) is 0 Å². The predicted molar refractivity (Wildman–Crippen MR) is 80.1 cm³/mol. The lowest BCUT2D eigenvalue weighted by Crippen LogP contribution is -2.15. The summed E-state index contributed by atoms with van der Waals surface area (Å²) in [6.07, 6.45) is 0.660. The highest BCUT2D eigenvalue weighted by atomic mass is 35.5. The van der Waals surface area contributed by atoms with Crippen molar-refractivity contribution in [3.05, 3.63) is 29.3 Å². The summed E-state index contributed by atoms with van der Waals surface area (Å²) in [6.45, 7) is 7.09. The van der Waals surface area contributed by atoms with E-state index in [1.807, 2.05) is 13.0 Å². The molecule has 0 amide bonds. The summed E-state index contributed by atoms with van der Waals surface area (Å²) < 4.78 is 21.3. The molecule has 0 aliphatic rings. The van der Waals surface area contributed by atoms with Gasteiger partial charge in [0.2, 0.25) is 0 Å². The van der Waals surface area contributed by atoms with Crippen LogP contribution >= 0.6 is 11.6 Å². The number of fused-ring (bicyclic) bond motifs is 1. The molecule has 0 N–H and O–H groups in total. The first-order valence-corrected chi connectivity index (χ1v) is 7.42. The largest absolute Gasteiger partial charge is 0.380 e. The maximum absolute atomic E-state index is 13.7. The van der Waals surface area contributed by atoms with E-state index in [9.17, 15) is 4.39 Å². The van der Waals surface area contributed by atoms with E-state index in [4.69, 9.17) is 16.3 Å². The van der Waals surface area contributed by atoms with Crippen molar-refractivity contribution < 1.29 is 9.13 Å². The lowest BCUT2D eigenvalue weighted by atomic mass is 10.2. The van der Waals surface area contributed by atoms with Crippen molar-refractivity contribution in [2.45, 2.75) is 33.2 Å². The third-order valence-corrected chi connectivity index (χ3v) is 3.55. The smallest absolute Gasteiger partial charge is 0.128 e. The normalized spacial score (nSPS) is 13.1. The monoisotopic (exact) mass is 298 g/mol. The molecule has 1 atom stereocenters. The number of aromatic nitrogens is 2. The number of halogens is 2. The number of rotatable bonds is 6. The molecule has 0 aliphatic carbocycles. The Morgan fingerprint density at radius 2 is 2.20 bits per heavy atom. The number of benzene rings is 1. The van der Waals surface area contributed by atoms with Crippen LogP contribution in [-0.4, -0.2) is 28.6 Å². The minimum absolute atomic E-state index is 0.142. The maximum atomic E-state index is 13.7. The first kappa shape index (κ1) is 15.3. The number of nitrogens with zero attached hydrogens (tertiary/aromatic N) is 2. The maximum Gasteiger partial charge on any atom is 0.128 e. The minimum atomic E-state index is -0.225. The lowest BCUT2D eigenvalue weighted by molar-refractivity contribution is 0.119. The second kappa shape index (κ2) is 6.55. The third kappa shape index (κ3) is 2.96. The molecule has 110 valence electrons. The van der Waals surface area contributed by atoms with Gasteiger partial charge in [-0.05, 0) is 32.4 Å². The molecule has 0 fully saturated rings. The number of ether oxygens (including phenoxy) is 1. The van der Waals surface area contributed by atoms with Gasteiger partial charge in [0.15, 0.2) is 0 Å². The van der Waals surface area contributed by atoms with Crippen molar-refractivity contribution in [2.75, 3.05) is 19.1 Å². The molecule has 3 nitrogen and oxygen atoms in total. The van der Waals surface area contributed by atoms with Crippen molar-refractivity contribution >= 4 is 22.6 Å². The molecule has 2 rings (SSSR count). The van der Waals surface area contributed by atoms with Gasteiger partial charge >= 0.3 is 0 Å². The zero-order chi connectivity index (χ0) is 14.7. The first-order chi connectivity index (χ1) is 9.58. The van der Waals surface area contributed by atoms with Gasteiger partial charge in [0.25, 0.3) is 0 Å². The van der Waals surface area contributed by atoms with Crippen LogP contribution in [0, 0.1) is 12.7 Å². The molecule has 0 bridgehead atoms. The molecule has 0 saturated carbocycles. The molecule has 1 heterocycles. The molecule has 5 heteroatoms. The topological polar surface area (TPSA) is 27.1 Å². The molecule has 20 heavy (non-hydrogen) atoms. The second-order valence-corrected chi connectivity index (χ2v) is 5.31. The quantitative estimate of drug-likeness (QED) is 0.757. The van der Waals surface area contributed by atoms with E-state index < -0.39 is 0 Å². The Morgan fingerprint density at radius 3 is 2.85 bits per heavy atom. The highest BCUT2D eigenvalue weighted by Crippen LogP contribution is 2.24. The van der Waals surface area contributed by atoms with E-state index >= 15 is 0 Å². The average Bonchev–Trinajstić information content (AvgIpc) is 2.74. The number of alkyl halides is 1. The van der Waals surface area contributed by atoms with Crippen LogP contribution < -0.4 is 0 Å². The summed E-state index contributed by atoms with van der Waals surface area (Å²) >= 11 is 5.85. The van der Waals surface area contributed by atoms with E-state index in [0.29, 0.717) is 36.6 Å². The molecule has 1 unspecified atom stereocenters. The molecule has 2 aromatic rings. The Hall–Kier alpha value is -1.13. The van der Waals surface area contributed by atoms with Crippen LogP contribution in [0.3, 0.4) is 0 Å². The van der Waals surface area contributed by atoms with Crippen molar-refractivity contribution in [3.63, 3.8) is 0 Å². The lowest BCUT2D eigenvalue weighted by Gasteiger charge is -2.17. The summed E-state index contributed by atoms with van der Waals surface area (Å²) in [4.78, 5) is 4.52. The Balaban J connectivity index is 2.52. The summed E-state index contributed by atoms with van der Waals surface area (Å²) in [5.74, 6) is 1.15. The van der Waals surface area contributed by atoms with Crippen molar-refractivity contribution in [1.29, 1.82) is 0 Å². The zero-order valence-corrected chi connectivity index (χ0v) is 12.9. The molecule has 0 saturated heterocycles. The molecule has 1 aromatic heterocycles. The van der Waals surface area contributed by atoms with Crippen LogP contribution in [0.25, 0.3) is 11.0 Å². The van der Waals surface area contributed by atoms with E-state index in [-0.39, 0.29) is 11.9 Å². The van der Waals surface area contributed by atoms with Gasteiger partial charge in [0.05, 0.1) is 23.7 Å². The van der Waals surface area contributed by atoms with Gasteiger partial charge in [0.1, 0.15) is 11.6 Å². The molecule has 0 aliphatic heterocycles. The Kier molecular flexibility index (Phi) is 5.00. The first-order valence-electron chi connectivity index (χ1n) is 6.89. The van der Waals surface area contributed by atoms with E-state index in [2.05, 4.69) is 16.5 Å². The SMILES string of the molecule is CCOCC(C)n1c(CCCl)nc2cc(F)c(C)cc21. The number of imidazole rings is 1. The fourth-order valence-corrected chi connectivity index (χ4v) is 2.55. The molecular formula is C15H20ClFN2O. The summed E-state index contributed by atoms with van der Waals surface area (Å²) in [7, 11) is 0. The van der Waals surface area contributed by atoms with Crippen LogP contribution in [0.15, 0.2) is 12.1 Å². The van der Waals surface area contributed by atoms with Gasteiger partial charge in [-0.3, -0.25) is 0 Å². The summed E-state index contributed by atoms with van der Waals surface area (Å²) in [5.41, 5.74) is 2.24. The standard InChI is InChI=1S/C15H20ClFN2O/c1-4-20-9-11(3)19-14-7-10(2)12(17)8-13(14)18-15(19)5-6-16/h7-8,11H,4-6,9H2,1-3H3. The van der Waals surface area contributed by atoms with E-state index in [1.165, 1.54) is 6.07 Å². The van der Waals surface area contributed by atoms with Crippen LogP contribution in [-0.2, 0) is 11.2 Å². The Bertz CT molecular complexity index is 597. The Morgan fingerprint density at radius 1 is 1.45 bits per heavy atom. The summed E-state index contributed by atoms with van der Waals surface area (Å²) in [5, 5.41) is 0. The average molecular weight is 299 g/mol. The molecule has 1 aromatic carbocycles. The van der Waals surface area contributed by atoms with E-state index in [1.54, 1.807) is 6.92 Å². The predicted octanol–water partition coefficient (Wildman–Crippen LogP) is 3.86. The van der Waals surface area contributed by atoms with Gasteiger partial charge in [-0.25, -0.2) is 9.37 Å². The highest BCUT2D eigenvalue weighted by Gasteiger charge is 2.17. The highest BCUT2D eigenvalue weighted by molar-refractivity contribution is 6.17. The van der Waals surface area contributed by atoms with Gasteiger partial charge < -0.3 is 9.30 Å². The zero-order valence-electron chi connectivity index (χ0n) is 12.1.